The normalized spacial score (nSPS) is 15.3. The van der Waals surface area contributed by atoms with E-state index in [1.165, 1.54) is 12.1 Å². The molecule has 0 bridgehead atoms. The number of nitrogens with one attached hydrogen (secondary N) is 1. The minimum atomic E-state index is -4.32. The fourth-order valence-corrected chi connectivity index (χ4v) is 3.09. The number of halogens is 3. The molecule has 0 radical (unpaired) electrons. The average Bonchev–Trinajstić information content (AvgIpc) is 3.15. The quantitative estimate of drug-likeness (QED) is 0.885. The number of nitrogens with zero attached hydrogens (tertiary/aromatic N) is 3. The van der Waals surface area contributed by atoms with Crippen LogP contribution in [0.3, 0.4) is 0 Å². The molecule has 26 heavy (non-hydrogen) atoms. The van der Waals surface area contributed by atoms with Crippen molar-refractivity contribution in [2.24, 2.45) is 0 Å². The molecule has 0 aliphatic carbocycles. The van der Waals surface area contributed by atoms with E-state index in [4.69, 9.17) is 0 Å². The monoisotopic (exact) mass is 366 g/mol. The van der Waals surface area contributed by atoms with Crippen LogP contribution in [0.4, 0.5) is 18.9 Å². The Morgan fingerprint density at radius 1 is 1.12 bits per heavy atom. The van der Waals surface area contributed by atoms with Gasteiger partial charge >= 0.3 is 6.18 Å². The zero-order valence-electron chi connectivity index (χ0n) is 14.3. The third kappa shape index (κ3) is 4.56. The molecule has 0 atom stereocenters. The lowest BCUT2D eigenvalue weighted by Gasteiger charge is -2.36. The number of carbonyl (C=O) groups is 1. The lowest BCUT2D eigenvalue weighted by molar-refractivity contribution is -0.137. The number of hydrogen-bond donors (Lipinski definition) is 1. The predicted octanol–water partition coefficient (Wildman–Crippen LogP) is 3.10. The molecule has 1 fully saturated rings. The Hall–Kier alpha value is -2.51. The van der Waals surface area contributed by atoms with Crippen molar-refractivity contribution in [2.45, 2.75) is 25.4 Å². The summed E-state index contributed by atoms with van der Waals surface area (Å²) in [6.07, 6.45) is 1.34. The SMILES string of the molecule is O=C(CCCc1cn[nH]c1)N1CCN(c2ccc(C(F)(F)F)cc2)CC1. The standard InChI is InChI=1S/C18H21F3N4O/c19-18(20,21)15-4-6-16(7-5-15)24-8-10-25(11-9-24)17(26)3-1-2-14-12-22-23-13-14/h4-7,12-13H,1-3,8-11H2,(H,22,23). The summed E-state index contributed by atoms with van der Waals surface area (Å²) < 4.78 is 37.9. The van der Waals surface area contributed by atoms with Gasteiger partial charge in [0.15, 0.2) is 0 Å². The number of piperazine rings is 1. The number of carbonyl (C=O) groups excluding carboxylic acids is 1. The molecule has 1 saturated heterocycles. The first-order valence-corrected chi connectivity index (χ1v) is 8.61. The maximum atomic E-state index is 12.6. The molecule has 1 aromatic carbocycles. The lowest BCUT2D eigenvalue weighted by atomic mass is 10.1. The Morgan fingerprint density at radius 3 is 2.38 bits per heavy atom. The molecule has 1 aliphatic rings. The van der Waals surface area contributed by atoms with Gasteiger partial charge < -0.3 is 9.80 Å². The van der Waals surface area contributed by atoms with E-state index in [2.05, 4.69) is 10.2 Å². The highest BCUT2D eigenvalue weighted by atomic mass is 19.4. The minimum Gasteiger partial charge on any atom is -0.368 e. The van der Waals surface area contributed by atoms with Crippen LogP contribution in [0.2, 0.25) is 0 Å². The van der Waals surface area contributed by atoms with Crippen molar-refractivity contribution in [2.75, 3.05) is 31.1 Å². The van der Waals surface area contributed by atoms with Crippen LogP contribution >= 0.6 is 0 Å². The first kappa shape index (κ1) is 18.3. The van der Waals surface area contributed by atoms with Crippen molar-refractivity contribution in [3.8, 4) is 0 Å². The van der Waals surface area contributed by atoms with E-state index in [-0.39, 0.29) is 5.91 Å². The summed E-state index contributed by atoms with van der Waals surface area (Å²) in [5, 5.41) is 6.63. The molecule has 0 spiro atoms. The molecule has 1 aromatic heterocycles. The number of hydrogen-bond acceptors (Lipinski definition) is 3. The van der Waals surface area contributed by atoms with Gasteiger partial charge in [0.2, 0.25) is 5.91 Å². The number of aryl methyl sites for hydroxylation is 1. The van der Waals surface area contributed by atoms with Crippen molar-refractivity contribution in [3.63, 3.8) is 0 Å². The van der Waals surface area contributed by atoms with Crippen molar-refractivity contribution in [1.82, 2.24) is 15.1 Å². The van der Waals surface area contributed by atoms with Gasteiger partial charge in [0, 0.05) is 44.5 Å². The second-order valence-electron chi connectivity index (χ2n) is 6.37. The van der Waals surface area contributed by atoms with Crippen LogP contribution in [0.5, 0.6) is 0 Å². The molecule has 3 rings (SSSR count). The van der Waals surface area contributed by atoms with Gasteiger partial charge in [-0.2, -0.15) is 18.3 Å². The highest BCUT2D eigenvalue weighted by Gasteiger charge is 2.30. The summed E-state index contributed by atoms with van der Waals surface area (Å²) in [7, 11) is 0. The number of aromatic nitrogens is 2. The first-order valence-electron chi connectivity index (χ1n) is 8.61. The summed E-state index contributed by atoms with van der Waals surface area (Å²) in [6, 6.07) is 5.18. The fourth-order valence-electron chi connectivity index (χ4n) is 3.09. The summed E-state index contributed by atoms with van der Waals surface area (Å²) in [5.41, 5.74) is 1.20. The van der Waals surface area contributed by atoms with E-state index in [1.807, 2.05) is 16.0 Å². The number of benzene rings is 1. The van der Waals surface area contributed by atoms with E-state index in [9.17, 15) is 18.0 Å². The molecule has 5 nitrogen and oxygen atoms in total. The van der Waals surface area contributed by atoms with Crippen molar-refractivity contribution in [3.05, 3.63) is 47.8 Å². The maximum Gasteiger partial charge on any atom is 0.416 e. The van der Waals surface area contributed by atoms with Gasteiger partial charge in [-0.05, 0) is 42.7 Å². The van der Waals surface area contributed by atoms with Gasteiger partial charge in [-0.25, -0.2) is 0 Å². The van der Waals surface area contributed by atoms with Gasteiger partial charge in [-0.15, -0.1) is 0 Å². The zero-order chi connectivity index (χ0) is 18.6. The summed E-state index contributed by atoms with van der Waals surface area (Å²) in [6.45, 7) is 2.43. The number of alkyl halides is 3. The third-order valence-electron chi connectivity index (χ3n) is 4.60. The van der Waals surface area contributed by atoms with E-state index >= 15 is 0 Å². The second kappa shape index (κ2) is 7.80. The van der Waals surface area contributed by atoms with Crippen LogP contribution < -0.4 is 4.90 Å². The number of H-pyrrole nitrogens is 1. The molecular formula is C18H21F3N4O. The number of amides is 1. The Kier molecular flexibility index (Phi) is 5.49. The second-order valence-corrected chi connectivity index (χ2v) is 6.37. The van der Waals surface area contributed by atoms with Crippen LogP contribution in [0.15, 0.2) is 36.7 Å². The van der Waals surface area contributed by atoms with Gasteiger partial charge in [0.05, 0.1) is 11.8 Å². The smallest absolute Gasteiger partial charge is 0.368 e. The maximum absolute atomic E-state index is 12.6. The Labute approximate surface area is 149 Å². The molecule has 1 amide bonds. The molecule has 2 aromatic rings. The summed E-state index contributed by atoms with van der Waals surface area (Å²) >= 11 is 0. The molecular weight excluding hydrogens is 345 g/mol. The van der Waals surface area contributed by atoms with Gasteiger partial charge in [0.1, 0.15) is 0 Å². The van der Waals surface area contributed by atoms with E-state index < -0.39 is 11.7 Å². The van der Waals surface area contributed by atoms with Crippen molar-refractivity contribution >= 4 is 11.6 Å². The van der Waals surface area contributed by atoms with Gasteiger partial charge in [-0.1, -0.05) is 0 Å². The van der Waals surface area contributed by atoms with Crippen LogP contribution in [0.25, 0.3) is 0 Å². The Bertz CT molecular complexity index is 705. The molecule has 0 saturated carbocycles. The average molecular weight is 366 g/mol. The first-order chi connectivity index (χ1) is 12.4. The summed E-state index contributed by atoms with van der Waals surface area (Å²) in [5.74, 6) is 0.126. The number of aromatic amines is 1. The lowest BCUT2D eigenvalue weighted by Crippen LogP contribution is -2.48. The van der Waals surface area contributed by atoms with Crippen molar-refractivity contribution in [1.29, 1.82) is 0 Å². The van der Waals surface area contributed by atoms with E-state index in [0.29, 0.717) is 32.6 Å². The fraction of sp³-hybridized carbons (Fsp3) is 0.444. The molecule has 1 N–H and O–H groups in total. The van der Waals surface area contributed by atoms with Crippen LogP contribution in [0, 0.1) is 0 Å². The molecule has 2 heterocycles. The molecule has 140 valence electrons. The molecule has 1 aliphatic heterocycles. The Balaban J connectivity index is 1.45. The van der Waals surface area contributed by atoms with Crippen LogP contribution in [0.1, 0.15) is 24.0 Å². The van der Waals surface area contributed by atoms with Gasteiger partial charge in [-0.3, -0.25) is 9.89 Å². The number of rotatable bonds is 5. The van der Waals surface area contributed by atoms with Crippen LogP contribution in [-0.4, -0.2) is 47.2 Å². The largest absolute Gasteiger partial charge is 0.416 e. The number of anilines is 1. The van der Waals surface area contributed by atoms with E-state index in [0.717, 1.165) is 36.2 Å². The molecule has 0 unspecified atom stereocenters. The zero-order valence-corrected chi connectivity index (χ0v) is 14.3. The topological polar surface area (TPSA) is 52.2 Å². The highest BCUT2D eigenvalue weighted by Crippen LogP contribution is 2.30. The highest BCUT2D eigenvalue weighted by molar-refractivity contribution is 5.76. The van der Waals surface area contributed by atoms with Gasteiger partial charge in [0.25, 0.3) is 0 Å². The summed E-state index contributed by atoms with van der Waals surface area (Å²) in [4.78, 5) is 16.1. The van der Waals surface area contributed by atoms with E-state index in [1.54, 1.807) is 6.20 Å². The van der Waals surface area contributed by atoms with Crippen molar-refractivity contribution < 1.29 is 18.0 Å². The molecule has 8 heteroatoms. The van der Waals surface area contributed by atoms with Crippen LogP contribution in [-0.2, 0) is 17.4 Å². The minimum absolute atomic E-state index is 0.126. The predicted molar refractivity (Wildman–Crippen MR) is 91.8 cm³/mol. The third-order valence-corrected chi connectivity index (χ3v) is 4.60. The Morgan fingerprint density at radius 2 is 1.81 bits per heavy atom.